The third-order valence-corrected chi connectivity index (χ3v) is 2.44. The first kappa shape index (κ1) is 13.1. The van der Waals surface area contributed by atoms with Crippen LogP contribution < -0.4 is 16.0 Å². The Hall–Kier alpha value is -2.38. The molecule has 0 aliphatic carbocycles. The first-order valence-corrected chi connectivity index (χ1v) is 5.97. The molecule has 0 aliphatic rings. The average Bonchev–Trinajstić information content (AvgIpc) is 2.80. The van der Waals surface area contributed by atoms with Crippen molar-refractivity contribution in [2.24, 2.45) is 0 Å². The third kappa shape index (κ3) is 3.54. The van der Waals surface area contributed by atoms with E-state index in [-0.39, 0.29) is 12.0 Å². The van der Waals surface area contributed by atoms with Crippen LogP contribution >= 0.6 is 0 Å². The van der Waals surface area contributed by atoms with E-state index in [0.717, 1.165) is 6.54 Å². The minimum Gasteiger partial charge on any atom is -0.368 e. The van der Waals surface area contributed by atoms with Gasteiger partial charge in [-0.05, 0) is 13.0 Å². The van der Waals surface area contributed by atoms with E-state index in [1.54, 1.807) is 11.1 Å². The highest BCUT2D eigenvalue weighted by Gasteiger charge is 2.09. The van der Waals surface area contributed by atoms with E-state index >= 15 is 0 Å². The highest BCUT2D eigenvalue weighted by molar-refractivity contribution is 5.41. The van der Waals surface area contributed by atoms with Gasteiger partial charge in [0, 0.05) is 32.5 Å². The summed E-state index contributed by atoms with van der Waals surface area (Å²) in [4.78, 5) is 14.2. The van der Waals surface area contributed by atoms with Crippen LogP contribution in [0.5, 0.6) is 0 Å². The lowest BCUT2D eigenvalue weighted by Gasteiger charge is -2.16. The Morgan fingerprint density at radius 1 is 1.37 bits per heavy atom. The van der Waals surface area contributed by atoms with Crippen LogP contribution in [0.1, 0.15) is 6.92 Å². The maximum absolute atomic E-state index is 5.66. The molecule has 3 N–H and O–H groups in total. The zero-order valence-electron chi connectivity index (χ0n) is 11.3. The van der Waals surface area contributed by atoms with E-state index in [9.17, 15) is 0 Å². The molecule has 19 heavy (non-hydrogen) atoms. The molecule has 0 fully saturated rings. The summed E-state index contributed by atoms with van der Waals surface area (Å²) in [5, 5.41) is 7.34. The molecule has 8 nitrogen and oxygen atoms in total. The fraction of sp³-hybridized carbons (Fsp3) is 0.455. The zero-order valence-corrected chi connectivity index (χ0v) is 11.3. The van der Waals surface area contributed by atoms with Crippen molar-refractivity contribution in [3.8, 4) is 0 Å². The van der Waals surface area contributed by atoms with Crippen molar-refractivity contribution in [2.75, 3.05) is 30.0 Å². The SMILES string of the molecule is CC(Cn1cccn1)Nc1nc(N)nc(N(C)C)n1. The van der Waals surface area contributed by atoms with Gasteiger partial charge < -0.3 is 16.0 Å². The fourth-order valence-corrected chi connectivity index (χ4v) is 1.60. The molecule has 0 bridgehead atoms. The average molecular weight is 262 g/mol. The van der Waals surface area contributed by atoms with Gasteiger partial charge >= 0.3 is 0 Å². The molecular weight excluding hydrogens is 244 g/mol. The van der Waals surface area contributed by atoms with Crippen LogP contribution in [-0.4, -0.2) is 44.9 Å². The molecule has 0 saturated carbocycles. The minimum atomic E-state index is 0.122. The summed E-state index contributed by atoms with van der Waals surface area (Å²) >= 11 is 0. The van der Waals surface area contributed by atoms with Crippen molar-refractivity contribution in [3.63, 3.8) is 0 Å². The fourth-order valence-electron chi connectivity index (χ4n) is 1.60. The maximum atomic E-state index is 5.66. The molecule has 102 valence electrons. The molecule has 2 aromatic heterocycles. The Balaban J connectivity index is 2.05. The van der Waals surface area contributed by atoms with Crippen molar-refractivity contribution in [2.45, 2.75) is 19.5 Å². The van der Waals surface area contributed by atoms with Gasteiger partial charge in [-0.25, -0.2) is 0 Å². The van der Waals surface area contributed by atoms with Gasteiger partial charge in [0.15, 0.2) is 0 Å². The van der Waals surface area contributed by atoms with Crippen LogP contribution in [0.4, 0.5) is 17.8 Å². The maximum Gasteiger partial charge on any atom is 0.231 e. The van der Waals surface area contributed by atoms with Crippen LogP contribution in [0.2, 0.25) is 0 Å². The molecule has 2 rings (SSSR count). The molecule has 0 spiro atoms. The summed E-state index contributed by atoms with van der Waals surface area (Å²) in [6.45, 7) is 2.74. The number of nitrogens with one attached hydrogen (secondary N) is 1. The minimum absolute atomic E-state index is 0.122. The molecule has 0 aromatic carbocycles. The molecule has 2 heterocycles. The largest absolute Gasteiger partial charge is 0.368 e. The van der Waals surface area contributed by atoms with Gasteiger partial charge in [0.25, 0.3) is 0 Å². The van der Waals surface area contributed by atoms with E-state index in [2.05, 4.69) is 25.4 Å². The Kier molecular flexibility index (Phi) is 3.79. The van der Waals surface area contributed by atoms with Crippen LogP contribution in [0, 0.1) is 0 Å². The summed E-state index contributed by atoms with van der Waals surface area (Å²) in [5.41, 5.74) is 5.66. The van der Waals surface area contributed by atoms with Crippen molar-refractivity contribution in [1.29, 1.82) is 0 Å². The van der Waals surface area contributed by atoms with Crippen molar-refractivity contribution in [3.05, 3.63) is 18.5 Å². The smallest absolute Gasteiger partial charge is 0.231 e. The standard InChI is InChI=1S/C11H18N8/c1-8(7-19-6-4-5-13-19)14-10-15-9(12)16-11(17-10)18(2)3/h4-6,8H,7H2,1-3H3,(H3,12,14,15,16,17). The highest BCUT2D eigenvalue weighted by Crippen LogP contribution is 2.10. The van der Waals surface area contributed by atoms with Gasteiger partial charge in [-0.3, -0.25) is 4.68 Å². The van der Waals surface area contributed by atoms with E-state index < -0.39 is 0 Å². The lowest BCUT2D eigenvalue weighted by atomic mass is 10.3. The molecule has 0 amide bonds. The van der Waals surface area contributed by atoms with Crippen LogP contribution in [0.3, 0.4) is 0 Å². The van der Waals surface area contributed by atoms with Gasteiger partial charge in [-0.15, -0.1) is 0 Å². The molecule has 1 unspecified atom stereocenters. The van der Waals surface area contributed by atoms with Gasteiger partial charge in [-0.2, -0.15) is 20.1 Å². The Morgan fingerprint density at radius 2 is 2.16 bits per heavy atom. The number of nitrogens with two attached hydrogens (primary N) is 1. The summed E-state index contributed by atoms with van der Waals surface area (Å²) < 4.78 is 1.84. The second-order valence-corrected chi connectivity index (χ2v) is 4.49. The van der Waals surface area contributed by atoms with Crippen LogP contribution in [0.25, 0.3) is 0 Å². The number of anilines is 3. The second kappa shape index (κ2) is 5.51. The van der Waals surface area contributed by atoms with Crippen molar-refractivity contribution in [1.82, 2.24) is 24.7 Å². The van der Waals surface area contributed by atoms with E-state index in [0.29, 0.717) is 11.9 Å². The van der Waals surface area contributed by atoms with E-state index in [1.165, 1.54) is 0 Å². The highest BCUT2D eigenvalue weighted by atomic mass is 15.3. The van der Waals surface area contributed by atoms with Crippen LogP contribution in [0.15, 0.2) is 18.5 Å². The predicted octanol–water partition coefficient (Wildman–Crippen LogP) is 0.217. The van der Waals surface area contributed by atoms with Gasteiger partial charge in [0.05, 0.1) is 6.54 Å². The predicted molar refractivity (Wildman–Crippen MR) is 73.9 cm³/mol. The molecule has 0 saturated heterocycles. The number of nitrogens with zero attached hydrogens (tertiary/aromatic N) is 6. The van der Waals surface area contributed by atoms with Gasteiger partial charge in [0.1, 0.15) is 0 Å². The van der Waals surface area contributed by atoms with Crippen molar-refractivity contribution >= 4 is 17.8 Å². The van der Waals surface area contributed by atoms with Crippen LogP contribution in [-0.2, 0) is 6.54 Å². The quantitative estimate of drug-likeness (QED) is 0.795. The Morgan fingerprint density at radius 3 is 2.79 bits per heavy atom. The molecular formula is C11H18N8. The number of aromatic nitrogens is 5. The lowest BCUT2D eigenvalue weighted by molar-refractivity contribution is 0.558. The monoisotopic (exact) mass is 262 g/mol. The number of rotatable bonds is 5. The van der Waals surface area contributed by atoms with Gasteiger partial charge in [0.2, 0.25) is 17.8 Å². The van der Waals surface area contributed by atoms with E-state index in [1.807, 2.05) is 38.0 Å². The molecule has 0 aliphatic heterocycles. The molecule has 0 radical (unpaired) electrons. The first-order chi connectivity index (χ1) is 9.04. The Labute approximate surface area is 111 Å². The molecule has 8 heteroatoms. The number of hydrogen-bond acceptors (Lipinski definition) is 7. The molecule has 2 aromatic rings. The number of nitrogen functional groups attached to an aromatic ring is 1. The summed E-state index contributed by atoms with van der Waals surface area (Å²) in [5.74, 6) is 1.20. The summed E-state index contributed by atoms with van der Waals surface area (Å²) in [6.07, 6.45) is 3.66. The van der Waals surface area contributed by atoms with Crippen molar-refractivity contribution < 1.29 is 0 Å². The third-order valence-electron chi connectivity index (χ3n) is 2.44. The van der Waals surface area contributed by atoms with Gasteiger partial charge in [-0.1, -0.05) is 0 Å². The number of hydrogen-bond donors (Lipinski definition) is 2. The lowest BCUT2D eigenvalue weighted by Crippen LogP contribution is -2.24. The molecule has 1 atom stereocenters. The normalized spacial score (nSPS) is 12.2. The zero-order chi connectivity index (χ0) is 13.8. The Bertz CT molecular complexity index is 521. The van der Waals surface area contributed by atoms with E-state index in [4.69, 9.17) is 5.73 Å². The second-order valence-electron chi connectivity index (χ2n) is 4.49. The first-order valence-electron chi connectivity index (χ1n) is 5.97. The summed E-state index contributed by atoms with van der Waals surface area (Å²) in [7, 11) is 3.71. The summed E-state index contributed by atoms with van der Waals surface area (Å²) in [6, 6.07) is 2.01. The topological polar surface area (TPSA) is 97.8 Å².